The van der Waals surface area contributed by atoms with Crippen LogP contribution in [0.1, 0.15) is 43.5 Å². The van der Waals surface area contributed by atoms with Crippen LogP contribution < -0.4 is 15.0 Å². The standard InChI is InChI=1S/C23H30N6O2S/c1-16(2)32-23-26-20(28-12-7-4-8-13-28)18-15-25-29(21(18)27-23)14-11-24-22(30)17-9-5-6-10-19(17)31-3/h5-6,9-10,15-16H,4,7-8,11-14H2,1-3H3,(H,24,30). The average molecular weight is 455 g/mol. The number of para-hydroxylation sites is 1. The molecule has 9 heteroatoms. The van der Waals surface area contributed by atoms with Crippen LogP contribution in [0, 0.1) is 0 Å². The van der Waals surface area contributed by atoms with E-state index in [0.717, 1.165) is 35.1 Å². The Morgan fingerprint density at radius 2 is 1.97 bits per heavy atom. The summed E-state index contributed by atoms with van der Waals surface area (Å²) in [6.07, 6.45) is 5.48. The number of rotatable bonds is 8. The van der Waals surface area contributed by atoms with E-state index >= 15 is 0 Å². The van der Waals surface area contributed by atoms with Crippen molar-refractivity contribution in [2.45, 2.75) is 50.1 Å². The number of carbonyl (C=O) groups is 1. The second kappa shape index (κ2) is 10.2. The summed E-state index contributed by atoms with van der Waals surface area (Å²) in [6.45, 7) is 7.26. The predicted octanol–water partition coefficient (Wildman–Crippen LogP) is 3.76. The van der Waals surface area contributed by atoms with Gasteiger partial charge in [0.15, 0.2) is 10.8 Å². The summed E-state index contributed by atoms with van der Waals surface area (Å²) in [7, 11) is 1.56. The second-order valence-electron chi connectivity index (χ2n) is 8.11. The lowest BCUT2D eigenvalue weighted by atomic mass is 10.1. The van der Waals surface area contributed by atoms with Crippen molar-refractivity contribution < 1.29 is 9.53 Å². The minimum absolute atomic E-state index is 0.168. The maximum Gasteiger partial charge on any atom is 0.255 e. The van der Waals surface area contributed by atoms with E-state index in [9.17, 15) is 4.79 Å². The van der Waals surface area contributed by atoms with Crippen LogP contribution in [-0.2, 0) is 6.54 Å². The highest BCUT2D eigenvalue weighted by Crippen LogP contribution is 2.30. The Bertz CT molecular complexity index is 1080. The van der Waals surface area contributed by atoms with E-state index in [-0.39, 0.29) is 5.91 Å². The summed E-state index contributed by atoms with van der Waals surface area (Å²) in [6, 6.07) is 7.21. The maximum absolute atomic E-state index is 12.6. The summed E-state index contributed by atoms with van der Waals surface area (Å²) in [5, 5.41) is 9.67. The quantitative estimate of drug-likeness (QED) is 0.410. The number of ether oxygens (including phenoxy) is 1. The molecule has 1 fully saturated rings. The van der Waals surface area contributed by atoms with E-state index in [1.807, 2.05) is 23.0 Å². The minimum Gasteiger partial charge on any atom is -0.496 e. The van der Waals surface area contributed by atoms with E-state index < -0.39 is 0 Å². The van der Waals surface area contributed by atoms with Crippen molar-refractivity contribution in [1.82, 2.24) is 25.1 Å². The highest BCUT2D eigenvalue weighted by molar-refractivity contribution is 7.99. The van der Waals surface area contributed by atoms with E-state index in [0.29, 0.717) is 29.7 Å². The van der Waals surface area contributed by atoms with Crippen LogP contribution in [0.15, 0.2) is 35.6 Å². The zero-order chi connectivity index (χ0) is 22.5. The molecule has 1 amide bonds. The van der Waals surface area contributed by atoms with Gasteiger partial charge in [0.2, 0.25) is 0 Å². The van der Waals surface area contributed by atoms with Crippen molar-refractivity contribution in [2.24, 2.45) is 0 Å². The van der Waals surface area contributed by atoms with Crippen LogP contribution >= 0.6 is 11.8 Å². The molecule has 1 saturated heterocycles. The average Bonchev–Trinajstić information content (AvgIpc) is 3.21. The molecule has 0 atom stereocenters. The SMILES string of the molecule is COc1ccccc1C(=O)NCCn1ncc2c(N3CCCCC3)nc(SC(C)C)nc21. The van der Waals surface area contributed by atoms with Gasteiger partial charge in [0.25, 0.3) is 5.91 Å². The Hall–Kier alpha value is -2.81. The fraction of sp³-hybridized carbons (Fsp3) is 0.478. The fourth-order valence-corrected chi connectivity index (χ4v) is 4.60. The van der Waals surface area contributed by atoms with Gasteiger partial charge in [-0.25, -0.2) is 14.6 Å². The van der Waals surface area contributed by atoms with Gasteiger partial charge in [-0.05, 0) is 31.4 Å². The zero-order valence-corrected chi connectivity index (χ0v) is 19.7. The van der Waals surface area contributed by atoms with Gasteiger partial charge >= 0.3 is 0 Å². The largest absolute Gasteiger partial charge is 0.496 e. The number of hydrogen-bond donors (Lipinski definition) is 1. The molecule has 0 radical (unpaired) electrons. The highest BCUT2D eigenvalue weighted by atomic mass is 32.2. The molecule has 8 nitrogen and oxygen atoms in total. The van der Waals surface area contributed by atoms with Gasteiger partial charge in [0.1, 0.15) is 11.6 Å². The predicted molar refractivity (Wildman–Crippen MR) is 128 cm³/mol. The lowest BCUT2D eigenvalue weighted by Gasteiger charge is -2.28. The van der Waals surface area contributed by atoms with Crippen LogP contribution in [0.2, 0.25) is 0 Å². The molecule has 0 bridgehead atoms. The molecule has 1 aliphatic rings. The van der Waals surface area contributed by atoms with Gasteiger partial charge in [-0.2, -0.15) is 5.10 Å². The molecule has 0 spiro atoms. The first kappa shape index (κ1) is 22.4. The van der Waals surface area contributed by atoms with Crippen LogP contribution in [0.4, 0.5) is 5.82 Å². The lowest BCUT2D eigenvalue weighted by molar-refractivity contribution is 0.0949. The molecule has 1 N–H and O–H groups in total. The number of benzene rings is 1. The van der Waals surface area contributed by atoms with Gasteiger partial charge in [-0.3, -0.25) is 4.79 Å². The summed E-state index contributed by atoms with van der Waals surface area (Å²) in [5.74, 6) is 1.37. The molecule has 0 saturated carbocycles. The second-order valence-corrected chi connectivity index (χ2v) is 9.65. The molecule has 2 aromatic heterocycles. The van der Waals surface area contributed by atoms with Gasteiger partial charge in [0, 0.05) is 24.9 Å². The monoisotopic (exact) mass is 454 g/mol. The van der Waals surface area contributed by atoms with Crippen molar-refractivity contribution in [3.05, 3.63) is 36.0 Å². The minimum atomic E-state index is -0.168. The Labute approximate surface area is 192 Å². The number of hydrogen-bond acceptors (Lipinski definition) is 7. The topological polar surface area (TPSA) is 85.2 Å². The summed E-state index contributed by atoms with van der Waals surface area (Å²) >= 11 is 1.66. The number of carbonyl (C=O) groups excluding carboxylic acids is 1. The molecular weight excluding hydrogens is 424 g/mol. The number of aromatic nitrogens is 4. The molecule has 32 heavy (non-hydrogen) atoms. The van der Waals surface area contributed by atoms with Crippen molar-refractivity contribution in [3.8, 4) is 5.75 Å². The first-order chi connectivity index (χ1) is 15.6. The number of nitrogens with zero attached hydrogens (tertiary/aromatic N) is 5. The third-order valence-corrected chi connectivity index (χ3v) is 6.28. The van der Waals surface area contributed by atoms with Gasteiger partial charge in [-0.1, -0.05) is 37.7 Å². The summed E-state index contributed by atoms with van der Waals surface area (Å²) < 4.78 is 7.15. The first-order valence-corrected chi connectivity index (χ1v) is 12.0. The number of methoxy groups -OCH3 is 1. The molecule has 1 aliphatic heterocycles. The summed E-state index contributed by atoms with van der Waals surface area (Å²) in [4.78, 5) is 24.6. The van der Waals surface area contributed by atoms with Gasteiger partial charge in [-0.15, -0.1) is 0 Å². The zero-order valence-electron chi connectivity index (χ0n) is 18.9. The van der Waals surface area contributed by atoms with Crippen LogP contribution in [0.5, 0.6) is 5.75 Å². The van der Waals surface area contributed by atoms with E-state index in [4.69, 9.17) is 14.7 Å². The highest BCUT2D eigenvalue weighted by Gasteiger charge is 2.20. The Kier molecular flexibility index (Phi) is 7.14. The van der Waals surface area contributed by atoms with E-state index in [2.05, 4.69) is 29.2 Å². The fourth-order valence-electron chi connectivity index (χ4n) is 3.90. The number of amides is 1. The van der Waals surface area contributed by atoms with Crippen LogP contribution in [-0.4, -0.2) is 57.6 Å². The number of nitrogens with one attached hydrogen (secondary N) is 1. The summed E-state index contributed by atoms with van der Waals surface area (Å²) in [5.41, 5.74) is 1.33. The van der Waals surface area contributed by atoms with Crippen molar-refractivity contribution in [3.63, 3.8) is 0 Å². The third-order valence-electron chi connectivity index (χ3n) is 5.41. The maximum atomic E-state index is 12.6. The van der Waals surface area contributed by atoms with Crippen LogP contribution in [0.25, 0.3) is 11.0 Å². The lowest BCUT2D eigenvalue weighted by Crippen LogP contribution is -2.30. The van der Waals surface area contributed by atoms with Crippen molar-refractivity contribution in [1.29, 1.82) is 0 Å². The number of thioether (sulfide) groups is 1. The van der Waals surface area contributed by atoms with Crippen LogP contribution in [0.3, 0.4) is 0 Å². The van der Waals surface area contributed by atoms with E-state index in [1.54, 1.807) is 31.0 Å². The van der Waals surface area contributed by atoms with Gasteiger partial charge in [0.05, 0.1) is 30.8 Å². The molecule has 170 valence electrons. The Morgan fingerprint density at radius 3 is 2.72 bits per heavy atom. The van der Waals surface area contributed by atoms with Crippen molar-refractivity contribution in [2.75, 3.05) is 31.6 Å². The molecule has 3 heterocycles. The molecule has 3 aromatic rings. The smallest absolute Gasteiger partial charge is 0.255 e. The normalized spacial score (nSPS) is 14.2. The third kappa shape index (κ3) is 4.98. The van der Waals surface area contributed by atoms with E-state index in [1.165, 1.54) is 19.3 Å². The molecule has 0 unspecified atom stereocenters. The Morgan fingerprint density at radius 1 is 1.19 bits per heavy atom. The number of piperidine rings is 1. The number of anilines is 1. The molecule has 4 rings (SSSR count). The van der Waals surface area contributed by atoms with Gasteiger partial charge < -0.3 is 15.0 Å². The molecule has 1 aromatic carbocycles. The molecule has 0 aliphatic carbocycles. The Balaban J connectivity index is 1.54. The number of fused-ring (bicyclic) bond motifs is 1. The molecular formula is C23H30N6O2S. The van der Waals surface area contributed by atoms with Crippen molar-refractivity contribution >= 4 is 34.5 Å². The first-order valence-electron chi connectivity index (χ1n) is 11.1.